The van der Waals surface area contributed by atoms with Crippen molar-refractivity contribution >= 4 is 80.7 Å². The molecule has 3 aromatic rings. The highest BCUT2D eigenvalue weighted by Gasteiger charge is 2.37. The van der Waals surface area contributed by atoms with Crippen LogP contribution in [0.15, 0.2) is 72.9 Å². The Morgan fingerprint density at radius 1 is 0.544 bits per heavy atom. The van der Waals surface area contributed by atoms with Gasteiger partial charge in [0.1, 0.15) is 23.7 Å². The highest BCUT2D eigenvalue weighted by Crippen LogP contribution is 2.37. The van der Waals surface area contributed by atoms with Crippen LogP contribution in [0.1, 0.15) is 134 Å². The Morgan fingerprint density at radius 2 is 0.962 bits per heavy atom. The van der Waals surface area contributed by atoms with Gasteiger partial charge in [-0.2, -0.15) is 5.10 Å². The maximum Gasteiger partial charge on any atom is 0.330 e. The van der Waals surface area contributed by atoms with Gasteiger partial charge < -0.3 is 37.9 Å². The predicted octanol–water partition coefficient (Wildman–Crippen LogP) is 9.50. The number of unbranched alkanes of at least 4 members (excludes halogenated alkanes) is 2. The Kier molecular flexibility index (Phi) is 23.0. The number of carbonyl (C=O) groups is 8. The summed E-state index contributed by atoms with van der Waals surface area (Å²) >= 11 is 1.46. The summed E-state index contributed by atoms with van der Waals surface area (Å²) in [6, 6.07) is 12.5. The van der Waals surface area contributed by atoms with Gasteiger partial charge >= 0.3 is 47.8 Å². The molecular weight excluding hydrogens is 1040 g/mol. The molecule has 0 atom stereocenters. The van der Waals surface area contributed by atoms with Crippen molar-refractivity contribution in [2.75, 3.05) is 38.5 Å². The van der Waals surface area contributed by atoms with Crippen molar-refractivity contribution in [3.8, 4) is 11.5 Å². The molecule has 4 aliphatic carbocycles. The normalized spacial score (nSPS) is 23.1. The molecule has 1 aromatic heterocycles. The fourth-order valence-electron chi connectivity index (χ4n) is 10.3. The number of carbonyl (C=O) groups excluding carboxylic acids is 8. The summed E-state index contributed by atoms with van der Waals surface area (Å²) in [5.41, 5.74) is 1.21. The Morgan fingerprint density at radius 3 is 1.43 bits per heavy atom. The van der Waals surface area contributed by atoms with Crippen molar-refractivity contribution in [2.24, 2.45) is 40.6 Å². The van der Waals surface area contributed by atoms with E-state index in [1.807, 2.05) is 24.3 Å². The number of benzene rings is 2. The minimum atomic E-state index is -0.487. The zero-order chi connectivity index (χ0) is 56.1. The molecule has 19 nitrogen and oxygen atoms in total. The summed E-state index contributed by atoms with van der Waals surface area (Å²) in [5.74, 6) is -4.70. The van der Waals surface area contributed by atoms with Gasteiger partial charge in [0, 0.05) is 24.8 Å². The van der Waals surface area contributed by atoms with Crippen LogP contribution < -0.4 is 14.5 Å². The van der Waals surface area contributed by atoms with E-state index in [-0.39, 0.29) is 97.7 Å². The zero-order valence-corrected chi connectivity index (χ0v) is 45.9. The minimum Gasteiger partial charge on any atom is -0.465 e. The molecule has 0 N–H and O–H groups in total. The largest absolute Gasteiger partial charge is 0.465 e. The predicted molar refractivity (Wildman–Crippen MR) is 291 cm³/mol. The highest BCUT2D eigenvalue weighted by atomic mass is 32.1. The van der Waals surface area contributed by atoms with Crippen molar-refractivity contribution in [1.82, 2.24) is 4.98 Å². The number of fused-ring (bicyclic) bond motifs is 1. The lowest BCUT2D eigenvalue weighted by atomic mass is 9.82. The first-order valence-corrected chi connectivity index (χ1v) is 28.6. The molecule has 1 heterocycles. The summed E-state index contributed by atoms with van der Waals surface area (Å²) in [6.45, 7) is 7.66. The van der Waals surface area contributed by atoms with Crippen LogP contribution in [0.3, 0.4) is 0 Å². The average Bonchev–Trinajstić information content (AvgIpc) is 3.96. The highest BCUT2D eigenvalue weighted by molar-refractivity contribution is 7.22. The number of ether oxygens (including phenoxy) is 8. The van der Waals surface area contributed by atoms with Crippen LogP contribution in [0.2, 0.25) is 0 Å². The molecule has 2 aromatic carbocycles. The van der Waals surface area contributed by atoms with Crippen LogP contribution in [0.5, 0.6) is 11.5 Å². The molecule has 0 spiro atoms. The molecule has 4 aliphatic rings. The third-order valence-corrected chi connectivity index (χ3v) is 16.2. The third-order valence-electron chi connectivity index (χ3n) is 15.1. The maximum atomic E-state index is 13.8. The second kappa shape index (κ2) is 30.4. The molecule has 0 radical (unpaired) electrons. The lowest BCUT2D eigenvalue weighted by Crippen LogP contribution is -2.33. The van der Waals surface area contributed by atoms with Crippen LogP contribution in [-0.4, -0.2) is 105 Å². The fourth-order valence-corrected chi connectivity index (χ4v) is 11.2. The van der Waals surface area contributed by atoms with Gasteiger partial charge in [-0.3, -0.25) is 28.8 Å². The average molecular weight is 1110 g/mol. The van der Waals surface area contributed by atoms with Gasteiger partial charge in [-0.25, -0.2) is 19.6 Å². The molecule has 0 unspecified atom stereocenters. The lowest BCUT2D eigenvalue weighted by Gasteiger charge is -2.30. The van der Waals surface area contributed by atoms with Crippen LogP contribution in [0.25, 0.3) is 10.2 Å². The van der Waals surface area contributed by atoms with E-state index in [1.165, 1.54) is 17.6 Å². The molecule has 20 heteroatoms. The van der Waals surface area contributed by atoms with Crippen molar-refractivity contribution in [3.05, 3.63) is 73.3 Å². The molecule has 0 aliphatic heterocycles. The van der Waals surface area contributed by atoms with E-state index in [0.717, 1.165) is 22.4 Å². The first-order valence-electron chi connectivity index (χ1n) is 27.8. The van der Waals surface area contributed by atoms with Crippen molar-refractivity contribution < 1.29 is 76.3 Å². The molecule has 0 saturated heterocycles. The number of thiazole rings is 1. The Hall–Kier alpha value is -6.96. The smallest absolute Gasteiger partial charge is 0.330 e. The molecule has 4 fully saturated rings. The standard InChI is InChI=1S/C59H73N3O16S/c1-4-51(63)71-32-8-10-34-73-53(65)38-22-26-45(27-23-38)75-55(67)40-14-16-42(17-15-40)57(69)77-47-30-31-49(44(36-47)37-60-62(3)59-61-48-12-6-7-13-50(48)79-59)78-58(70)43-20-18-41(19-21-43)56(68)76-46-28-24-39(25-29-46)54(66)74-35-11-9-33-72-52(64)5-2/h4-7,12-13,30-31,36-43,45-46H,1-2,8-11,14-29,32-35H2,3H3/b60-37+. The van der Waals surface area contributed by atoms with Crippen LogP contribution >= 0.6 is 11.3 Å². The first kappa shape index (κ1) is 59.7. The van der Waals surface area contributed by atoms with Gasteiger partial charge in [0.25, 0.3) is 0 Å². The van der Waals surface area contributed by atoms with E-state index >= 15 is 0 Å². The van der Waals surface area contributed by atoms with Gasteiger partial charge in [0.15, 0.2) is 0 Å². The second-order valence-corrected chi connectivity index (χ2v) is 21.7. The number of hydrazone groups is 1. The van der Waals surface area contributed by atoms with Crippen molar-refractivity contribution in [1.29, 1.82) is 0 Å². The fraction of sp³-hybridized carbons (Fsp3) is 0.559. The minimum absolute atomic E-state index is 0.212. The van der Waals surface area contributed by atoms with Gasteiger partial charge in [0.05, 0.1) is 78.4 Å². The second-order valence-electron chi connectivity index (χ2n) is 20.7. The van der Waals surface area contributed by atoms with Crippen LogP contribution in [0, 0.1) is 35.5 Å². The molecule has 4 saturated carbocycles. The summed E-state index contributed by atoms with van der Waals surface area (Å²) in [4.78, 5) is 106. The molecule has 426 valence electrons. The molecular formula is C59H73N3O16S. The van der Waals surface area contributed by atoms with Crippen molar-refractivity contribution in [3.63, 3.8) is 0 Å². The van der Waals surface area contributed by atoms with Crippen LogP contribution in [-0.2, 0) is 66.8 Å². The molecule has 0 bridgehead atoms. The third kappa shape index (κ3) is 18.3. The van der Waals surface area contributed by atoms with E-state index in [2.05, 4.69) is 23.2 Å². The van der Waals surface area contributed by atoms with E-state index in [1.54, 1.807) is 30.3 Å². The van der Waals surface area contributed by atoms with E-state index in [4.69, 9.17) is 37.9 Å². The summed E-state index contributed by atoms with van der Waals surface area (Å²) < 4.78 is 45.5. The lowest BCUT2D eigenvalue weighted by molar-refractivity contribution is -0.161. The number of esters is 8. The molecule has 0 amide bonds. The first-order chi connectivity index (χ1) is 38.3. The van der Waals surface area contributed by atoms with Gasteiger partial charge in [-0.1, -0.05) is 36.6 Å². The van der Waals surface area contributed by atoms with E-state index in [9.17, 15) is 38.4 Å². The van der Waals surface area contributed by atoms with Gasteiger partial charge in [0.2, 0.25) is 5.13 Å². The number of anilines is 1. The summed E-state index contributed by atoms with van der Waals surface area (Å²) in [5, 5.41) is 6.87. The quantitative estimate of drug-likeness (QED) is 0.0146. The Labute approximate surface area is 464 Å². The maximum absolute atomic E-state index is 13.8. The van der Waals surface area contributed by atoms with Gasteiger partial charge in [-0.05, 0) is 159 Å². The number of aromatic nitrogens is 1. The monoisotopic (exact) mass is 1110 g/mol. The Balaban J connectivity index is 0.855. The summed E-state index contributed by atoms with van der Waals surface area (Å²) in [7, 11) is 1.75. The van der Waals surface area contributed by atoms with Crippen molar-refractivity contribution in [2.45, 2.75) is 141 Å². The number of nitrogens with zero attached hydrogens (tertiary/aromatic N) is 3. The Bertz CT molecular complexity index is 2600. The van der Waals surface area contributed by atoms with Crippen LogP contribution in [0.4, 0.5) is 5.13 Å². The number of rotatable bonds is 25. The van der Waals surface area contributed by atoms with E-state index in [0.29, 0.717) is 139 Å². The molecule has 7 rings (SSSR count). The zero-order valence-electron chi connectivity index (χ0n) is 45.1. The number of hydrogen-bond donors (Lipinski definition) is 0. The topological polar surface area (TPSA) is 239 Å². The summed E-state index contributed by atoms with van der Waals surface area (Å²) in [6.07, 6.45) is 13.4. The molecule has 79 heavy (non-hydrogen) atoms. The SMILES string of the molecule is C=CC(=O)OCCCCOC(=O)C1CCC(OC(=O)C2CCC(C(=O)Oc3ccc(OC(=O)C4CCC(C(=O)OC5CCC(C(=O)OCCCCOC(=O)C=C)CC5)CC4)c(/C=N/N(C)c4nc5ccccc5s4)c3)CC2)CC1. The van der Waals surface area contributed by atoms with Gasteiger partial charge in [-0.15, -0.1) is 0 Å². The number of hydrogen-bond acceptors (Lipinski definition) is 20. The number of para-hydroxylation sites is 1. The van der Waals surface area contributed by atoms with E-state index < -0.39 is 35.7 Å².